The molecule has 3 aromatic rings. The third-order valence-electron chi connectivity index (χ3n) is 3.73. The first-order chi connectivity index (χ1) is 12.2. The minimum atomic E-state index is -0.407. The van der Waals surface area contributed by atoms with Crippen molar-refractivity contribution in [2.24, 2.45) is 12.0 Å². The van der Waals surface area contributed by atoms with Crippen molar-refractivity contribution in [3.8, 4) is 23.8 Å². The number of benzene rings is 1. The average Bonchev–Trinajstić information content (AvgIpc) is 3.18. The molecule has 0 aliphatic carbocycles. The first kappa shape index (κ1) is 15.5. The number of hydrogen-bond donors (Lipinski definition) is 0. The van der Waals surface area contributed by atoms with Crippen molar-refractivity contribution < 1.29 is 14.3 Å². The van der Waals surface area contributed by atoms with Crippen molar-refractivity contribution in [3.05, 3.63) is 34.9 Å². The zero-order valence-corrected chi connectivity index (χ0v) is 14.2. The van der Waals surface area contributed by atoms with Gasteiger partial charge in [0, 0.05) is 25.4 Å². The Morgan fingerprint density at radius 2 is 2.16 bits per heavy atom. The number of aromatic nitrogens is 3. The van der Waals surface area contributed by atoms with Gasteiger partial charge in [0.05, 0.1) is 16.8 Å². The highest BCUT2D eigenvalue weighted by molar-refractivity contribution is 7.16. The molecule has 0 N–H and O–H groups in total. The summed E-state index contributed by atoms with van der Waals surface area (Å²) >= 11 is 1.38. The van der Waals surface area contributed by atoms with E-state index in [0.29, 0.717) is 36.1 Å². The molecule has 1 aliphatic heterocycles. The van der Waals surface area contributed by atoms with Gasteiger partial charge in [-0.05, 0) is 6.07 Å². The van der Waals surface area contributed by atoms with Gasteiger partial charge in [0.15, 0.2) is 22.0 Å². The number of carbonyl (C=O) groups is 1. The molecule has 126 valence electrons. The van der Waals surface area contributed by atoms with Crippen LogP contribution in [0.1, 0.15) is 10.5 Å². The molecule has 0 fully saturated rings. The maximum Gasteiger partial charge on any atom is 0.300 e. The van der Waals surface area contributed by atoms with Gasteiger partial charge < -0.3 is 14.0 Å². The maximum atomic E-state index is 12.4. The van der Waals surface area contributed by atoms with E-state index in [9.17, 15) is 4.79 Å². The Kier molecular flexibility index (Phi) is 3.78. The molecule has 1 amide bonds. The van der Waals surface area contributed by atoms with Crippen molar-refractivity contribution in [2.45, 2.75) is 6.54 Å². The Bertz CT molecular complexity index is 1080. The second kappa shape index (κ2) is 6.11. The summed E-state index contributed by atoms with van der Waals surface area (Å²) in [6.07, 6.45) is 7.20. The Morgan fingerprint density at radius 1 is 1.40 bits per heavy atom. The lowest BCUT2D eigenvalue weighted by atomic mass is 10.2. The molecule has 7 nitrogen and oxygen atoms in total. The SMILES string of the molecule is C#CCn1c(=NC(=O)c2ccn(C)n2)sc2cc3c(cc21)OCCO3. The minimum absolute atomic E-state index is 0.290. The summed E-state index contributed by atoms with van der Waals surface area (Å²) in [5.74, 6) is 3.56. The molecular formula is C17H14N4O3S. The molecule has 3 heterocycles. The molecule has 4 rings (SSSR count). The fourth-order valence-electron chi connectivity index (χ4n) is 2.61. The normalized spacial score (nSPS) is 13.8. The number of terminal acetylenes is 1. The largest absolute Gasteiger partial charge is 0.486 e. The number of rotatable bonds is 2. The van der Waals surface area contributed by atoms with Crippen LogP contribution in [0.25, 0.3) is 10.2 Å². The van der Waals surface area contributed by atoms with E-state index in [-0.39, 0.29) is 5.69 Å². The van der Waals surface area contributed by atoms with Gasteiger partial charge in [-0.3, -0.25) is 9.48 Å². The van der Waals surface area contributed by atoms with E-state index in [2.05, 4.69) is 16.0 Å². The smallest absolute Gasteiger partial charge is 0.300 e. The van der Waals surface area contributed by atoms with Gasteiger partial charge in [0.1, 0.15) is 13.2 Å². The minimum Gasteiger partial charge on any atom is -0.486 e. The van der Waals surface area contributed by atoms with Crippen LogP contribution in [0, 0.1) is 12.3 Å². The molecule has 1 aliphatic rings. The lowest BCUT2D eigenvalue weighted by Gasteiger charge is -2.18. The molecule has 0 unspecified atom stereocenters. The molecule has 0 spiro atoms. The second-order valence-corrected chi connectivity index (χ2v) is 6.44. The highest BCUT2D eigenvalue weighted by atomic mass is 32.1. The highest BCUT2D eigenvalue weighted by Gasteiger charge is 2.17. The summed E-state index contributed by atoms with van der Waals surface area (Å²) in [4.78, 5) is 17.1. The number of ether oxygens (including phenoxy) is 2. The van der Waals surface area contributed by atoms with Gasteiger partial charge >= 0.3 is 0 Å². The van der Waals surface area contributed by atoms with E-state index in [0.717, 1.165) is 10.2 Å². The fourth-order valence-corrected chi connectivity index (χ4v) is 3.65. The van der Waals surface area contributed by atoms with Crippen LogP contribution < -0.4 is 14.3 Å². The Balaban J connectivity index is 1.88. The van der Waals surface area contributed by atoms with Crippen LogP contribution in [-0.2, 0) is 13.6 Å². The number of aryl methyl sites for hydroxylation is 1. The number of amides is 1. The topological polar surface area (TPSA) is 70.6 Å². The standard InChI is InChI=1S/C17H14N4O3S/c1-3-5-21-12-9-13-14(24-8-7-23-13)10-15(12)25-17(21)18-16(22)11-4-6-20(2)19-11/h1,4,6,9-10H,5,7-8H2,2H3. The van der Waals surface area contributed by atoms with Crippen molar-refractivity contribution in [3.63, 3.8) is 0 Å². The summed E-state index contributed by atoms with van der Waals surface area (Å²) in [5.41, 5.74) is 1.15. The summed E-state index contributed by atoms with van der Waals surface area (Å²) in [5, 5.41) is 4.09. The van der Waals surface area contributed by atoms with E-state index in [4.69, 9.17) is 15.9 Å². The quantitative estimate of drug-likeness (QED) is 0.655. The van der Waals surface area contributed by atoms with Crippen LogP contribution in [0.3, 0.4) is 0 Å². The van der Waals surface area contributed by atoms with Crippen LogP contribution in [0.5, 0.6) is 11.5 Å². The van der Waals surface area contributed by atoms with Crippen LogP contribution in [0.15, 0.2) is 29.4 Å². The molecule has 8 heteroatoms. The Labute approximate surface area is 147 Å². The lowest BCUT2D eigenvalue weighted by Crippen LogP contribution is -2.17. The van der Waals surface area contributed by atoms with Crippen LogP contribution in [0.2, 0.25) is 0 Å². The zero-order chi connectivity index (χ0) is 17.4. The third-order valence-corrected chi connectivity index (χ3v) is 4.77. The summed E-state index contributed by atoms with van der Waals surface area (Å²) in [6.45, 7) is 1.32. The van der Waals surface area contributed by atoms with Gasteiger partial charge in [-0.15, -0.1) is 6.42 Å². The zero-order valence-electron chi connectivity index (χ0n) is 13.4. The molecule has 0 saturated heterocycles. The van der Waals surface area contributed by atoms with Crippen LogP contribution in [-0.4, -0.2) is 33.5 Å². The van der Waals surface area contributed by atoms with E-state index < -0.39 is 5.91 Å². The van der Waals surface area contributed by atoms with Gasteiger partial charge in [0.2, 0.25) is 0 Å². The molecule has 0 bridgehead atoms. The number of thiazole rings is 1. The third kappa shape index (κ3) is 2.79. The second-order valence-electron chi connectivity index (χ2n) is 5.43. The molecule has 0 atom stereocenters. The molecular weight excluding hydrogens is 340 g/mol. The number of hydrogen-bond acceptors (Lipinski definition) is 5. The Hall–Kier alpha value is -3.05. The van der Waals surface area contributed by atoms with Gasteiger partial charge in [-0.25, -0.2) is 0 Å². The molecule has 0 radical (unpaired) electrons. The number of fused-ring (bicyclic) bond motifs is 2. The number of nitrogens with zero attached hydrogens (tertiary/aromatic N) is 4. The molecule has 1 aromatic carbocycles. The van der Waals surface area contributed by atoms with Crippen LogP contribution in [0.4, 0.5) is 0 Å². The van der Waals surface area contributed by atoms with Crippen molar-refractivity contribution in [2.75, 3.05) is 13.2 Å². The molecule has 2 aromatic heterocycles. The molecule has 0 saturated carbocycles. The predicted octanol–water partition coefficient (Wildman–Crippen LogP) is 1.58. The van der Waals surface area contributed by atoms with E-state index in [1.54, 1.807) is 24.0 Å². The van der Waals surface area contributed by atoms with Crippen molar-refractivity contribution in [1.82, 2.24) is 14.3 Å². The summed E-state index contributed by atoms with van der Waals surface area (Å²) < 4.78 is 15.6. The Morgan fingerprint density at radius 3 is 2.84 bits per heavy atom. The van der Waals surface area contributed by atoms with E-state index in [1.807, 2.05) is 16.7 Å². The highest BCUT2D eigenvalue weighted by Crippen LogP contribution is 2.35. The molecule has 25 heavy (non-hydrogen) atoms. The fraction of sp³-hybridized carbons (Fsp3) is 0.235. The summed E-state index contributed by atoms with van der Waals surface area (Å²) in [6, 6.07) is 5.40. The average molecular weight is 354 g/mol. The van der Waals surface area contributed by atoms with Crippen LogP contribution >= 0.6 is 11.3 Å². The maximum absolute atomic E-state index is 12.4. The monoisotopic (exact) mass is 354 g/mol. The van der Waals surface area contributed by atoms with Crippen molar-refractivity contribution >= 4 is 27.5 Å². The lowest BCUT2D eigenvalue weighted by molar-refractivity contribution is 0.0992. The van der Waals surface area contributed by atoms with Crippen molar-refractivity contribution in [1.29, 1.82) is 0 Å². The summed E-state index contributed by atoms with van der Waals surface area (Å²) in [7, 11) is 1.75. The van der Waals surface area contributed by atoms with Gasteiger partial charge in [-0.1, -0.05) is 17.3 Å². The predicted molar refractivity (Wildman–Crippen MR) is 92.7 cm³/mol. The number of carbonyl (C=O) groups excluding carboxylic acids is 1. The first-order valence-corrected chi connectivity index (χ1v) is 8.42. The first-order valence-electron chi connectivity index (χ1n) is 7.61. The van der Waals surface area contributed by atoms with Gasteiger partial charge in [0.25, 0.3) is 5.91 Å². The van der Waals surface area contributed by atoms with E-state index in [1.165, 1.54) is 11.3 Å². The van der Waals surface area contributed by atoms with E-state index >= 15 is 0 Å². The van der Waals surface area contributed by atoms with Gasteiger partial charge in [-0.2, -0.15) is 10.1 Å².